The topological polar surface area (TPSA) is 151 Å². The van der Waals surface area contributed by atoms with Crippen LogP contribution < -0.4 is 16.0 Å². The fourth-order valence-corrected chi connectivity index (χ4v) is 11.4. The molecule has 0 radical (unpaired) electrons. The molecule has 12 nitrogen and oxygen atoms in total. The van der Waals surface area contributed by atoms with E-state index in [2.05, 4.69) is 134 Å². The van der Waals surface area contributed by atoms with Gasteiger partial charge in [0.25, 0.3) is 5.91 Å². The van der Waals surface area contributed by atoms with Crippen LogP contribution >= 0.6 is 0 Å². The van der Waals surface area contributed by atoms with Gasteiger partial charge in [-0.05, 0) is 162 Å². The van der Waals surface area contributed by atoms with Crippen LogP contribution in [-0.4, -0.2) is 109 Å². The number of carbonyl (C=O) groups excluding carboxylic acids is 4. The second kappa shape index (κ2) is 32.7. The number of ether oxygens (including phenoxy) is 5. The average molecular weight is 1150 g/mol. The first-order chi connectivity index (χ1) is 40.1. The third-order valence-electron chi connectivity index (χ3n) is 17.2. The van der Waals surface area contributed by atoms with Gasteiger partial charge in [-0.15, -0.1) is 0 Å². The number of hydrogen-bond acceptors (Lipinski definition) is 9. The average Bonchev–Trinajstić information content (AvgIpc) is 2.90. The first-order valence-corrected chi connectivity index (χ1v) is 31.2. The number of benzene rings is 4. The lowest BCUT2D eigenvalue weighted by molar-refractivity contribution is -0.125. The van der Waals surface area contributed by atoms with Crippen molar-refractivity contribution < 1.29 is 42.9 Å². The van der Waals surface area contributed by atoms with E-state index in [1.807, 2.05) is 55.5 Å². The van der Waals surface area contributed by atoms with Crippen LogP contribution in [0.5, 0.6) is 0 Å². The molecule has 12 heteroatoms. The highest BCUT2D eigenvalue weighted by molar-refractivity contribution is 5.99. The molecule has 0 spiro atoms. The fourth-order valence-electron chi connectivity index (χ4n) is 11.4. The molecule has 3 amide bonds. The van der Waals surface area contributed by atoms with Gasteiger partial charge in [0, 0.05) is 69.3 Å². The zero-order valence-corrected chi connectivity index (χ0v) is 53.0. The summed E-state index contributed by atoms with van der Waals surface area (Å²) in [7, 11) is 0. The minimum atomic E-state index is -0.534. The maximum absolute atomic E-state index is 13.9. The molecule has 458 valence electrons. The summed E-state index contributed by atoms with van der Waals surface area (Å²) in [6.07, 6.45) is 12.6. The fraction of sp³-hybridized carbons (Fsp3) is 0.556. The maximum atomic E-state index is 13.9. The van der Waals surface area contributed by atoms with Gasteiger partial charge in [-0.25, -0.2) is 0 Å². The smallest absolute Gasteiger partial charge is 0.251 e. The van der Waals surface area contributed by atoms with E-state index in [1.54, 1.807) is 0 Å². The molecular weight excluding hydrogens is 1050 g/mol. The van der Waals surface area contributed by atoms with E-state index in [4.69, 9.17) is 23.7 Å². The van der Waals surface area contributed by atoms with E-state index in [0.717, 1.165) is 23.1 Å². The van der Waals surface area contributed by atoms with Crippen molar-refractivity contribution in [2.45, 2.75) is 168 Å². The Morgan fingerprint density at radius 2 is 0.881 bits per heavy atom. The quantitative estimate of drug-likeness (QED) is 0.0232. The molecule has 2 aliphatic carbocycles. The molecule has 0 saturated carbocycles. The molecule has 3 N–H and O–H groups in total. The molecule has 84 heavy (non-hydrogen) atoms. The zero-order valence-electron chi connectivity index (χ0n) is 53.0. The van der Waals surface area contributed by atoms with Crippen molar-refractivity contribution in [3.8, 4) is 0 Å². The minimum absolute atomic E-state index is 0.0436. The number of fused-ring (bicyclic) bond motifs is 2. The Balaban J connectivity index is 0.947. The molecule has 4 aromatic rings. The Bertz CT molecular complexity index is 2830. The minimum Gasteiger partial charge on any atom is -0.379 e. The second-order valence-corrected chi connectivity index (χ2v) is 25.8. The van der Waals surface area contributed by atoms with Crippen molar-refractivity contribution in [3.63, 3.8) is 0 Å². The van der Waals surface area contributed by atoms with Gasteiger partial charge in [0.15, 0.2) is 5.78 Å². The van der Waals surface area contributed by atoms with E-state index < -0.39 is 5.92 Å². The number of carbonyl (C=O) groups is 4. The Kier molecular flexibility index (Phi) is 26.2. The standard InChI is InChI=1S/C72H101N3O9/c1-12-80-41-42-83-40-30-66(77)73-36-15-38-81-43-45-84-46-44-82-39-16-37-75-68(79)60(51-65(76)56-22-18-54(19-23-56)47-52(2)58-26-28-61-63(49-58)71(8,9)33-31-69(61,4)5)17-13-14-35-74-67(78)57-24-20-55(21-25-57)48-53(3)59-27-29-62-64(50-59)72(10,11)34-32-70(62,6)7/h18-29,47-50,60H,12-17,30-46,51H2,1-11H3,(H,73,77)(H,74,78)(H,75,79)/b52-47+,53-48+/t60-/m0/s1. The van der Waals surface area contributed by atoms with Gasteiger partial charge in [0.05, 0.1) is 46.2 Å². The first-order valence-electron chi connectivity index (χ1n) is 31.2. The van der Waals surface area contributed by atoms with Crippen LogP contribution in [0.15, 0.2) is 84.9 Å². The Morgan fingerprint density at radius 3 is 1.38 bits per heavy atom. The molecule has 1 atom stereocenters. The van der Waals surface area contributed by atoms with E-state index in [0.29, 0.717) is 135 Å². The summed E-state index contributed by atoms with van der Waals surface area (Å²) in [5, 5.41) is 9.01. The molecule has 0 saturated heterocycles. The number of hydrogen-bond donors (Lipinski definition) is 3. The summed E-state index contributed by atoms with van der Waals surface area (Å²) in [6, 6.07) is 29.3. The van der Waals surface area contributed by atoms with Crippen LogP contribution in [0.25, 0.3) is 23.3 Å². The van der Waals surface area contributed by atoms with Crippen molar-refractivity contribution in [1.29, 1.82) is 0 Å². The van der Waals surface area contributed by atoms with Gasteiger partial charge < -0.3 is 39.6 Å². The van der Waals surface area contributed by atoms with Crippen LogP contribution in [-0.2, 0) is 54.9 Å². The number of allylic oxidation sites excluding steroid dienone is 2. The molecule has 0 unspecified atom stereocenters. The molecule has 0 aromatic heterocycles. The van der Waals surface area contributed by atoms with Crippen molar-refractivity contribution >= 4 is 46.8 Å². The number of ketones is 1. The van der Waals surface area contributed by atoms with Crippen molar-refractivity contribution in [3.05, 3.63) is 141 Å². The Labute approximate surface area is 504 Å². The predicted octanol–water partition coefficient (Wildman–Crippen LogP) is 13.8. The van der Waals surface area contributed by atoms with Gasteiger partial charge in [-0.1, -0.05) is 147 Å². The van der Waals surface area contributed by atoms with Crippen LogP contribution in [0.3, 0.4) is 0 Å². The second-order valence-electron chi connectivity index (χ2n) is 25.8. The largest absolute Gasteiger partial charge is 0.379 e. The molecule has 0 fully saturated rings. The van der Waals surface area contributed by atoms with Gasteiger partial charge in [-0.2, -0.15) is 0 Å². The Hall–Kier alpha value is -5.76. The third-order valence-corrected chi connectivity index (χ3v) is 17.2. The first kappa shape index (κ1) is 67.4. The van der Waals surface area contributed by atoms with E-state index >= 15 is 0 Å². The summed E-state index contributed by atoms with van der Waals surface area (Å²) < 4.78 is 27.6. The van der Waals surface area contributed by atoms with E-state index in [1.165, 1.54) is 58.2 Å². The van der Waals surface area contributed by atoms with Crippen molar-refractivity contribution in [1.82, 2.24) is 16.0 Å². The van der Waals surface area contributed by atoms with Gasteiger partial charge in [-0.3, -0.25) is 19.2 Å². The summed E-state index contributed by atoms with van der Waals surface area (Å²) >= 11 is 0. The zero-order chi connectivity index (χ0) is 60.8. The predicted molar refractivity (Wildman–Crippen MR) is 342 cm³/mol. The SMILES string of the molecule is CCOCCOCCC(=O)NCCCOCCOCCOCCCNC(=O)[C@@H](CCCCNC(=O)c1ccc(/C=C(\C)c2ccc3c(c2)C(C)(C)CCC3(C)C)cc1)CC(=O)c1ccc(/C=C(\C)c2ccc3c(c2)C(C)(C)CCC3(C)C)cc1. The van der Waals surface area contributed by atoms with Crippen molar-refractivity contribution in [2.75, 3.05) is 85.7 Å². The Morgan fingerprint density at radius 1 is 0.464 bits per heavy atom. The van der Waals surface area contributed by atoms with Crippen molar-refractivity contribution in [2.24, 2.45) is 5.92 Å². The van der Waals surface area contributed by atoms with Gasteiger partial charge in [0.2, 0.25) is 11.8 Å². The normalized spacial score (nSPS) is 16.3. The maximum Gasteiger partial charge on any atom is 0.251 e. The lowest BCUT2D eigenvalue weighted by atomic mass is 9.63. The third kappa shape index (κ3) is 20.7. The highest BCUT2D eigenvalue weighted by Gasteiger charge is 2.38. The molecule has 2 aliphatic rings. The lowest BCUT2D eigenvalue weighted by Gasteiger charge is -2.42. The van der Waals surface area contributed by atoms with Crippen LogP contribution in [0.2, 0.25) is 0 Å². The number of nitrogens with one attached hydrogen (secondary N) is 3. The summed E-state index contributed by atoms with van der Waals surface area (Å²) in [6.45, 7) is 31.2. The summed E-state index contributed by atoms with van der Waals surface area (Å²) in [4.78, 5) is 53.0. The lowest BCUT2D eigenvalue weighted by Crippen LogP contribution is -2.33. The molecule has 0 aliphatic heterocycles. The highest BCUT2D eigenvalue weighted by atomic mass is 16.5. The number of rotatable bonds is 35. The molecule has 6 rings (SSSR count). The van der Waals surface area contributed by atoms with Crippen LogP contribution in [0, 0.1) is 5.92 Å². The van der Waals surface area contributed by atoms with E-state index in [9.17, 15) is 19.2 Å². The van der Waals surface area contributed by atoms with Gasteiger partial charge in [0.1, 0.15) is 0 Å². The monoisotopic (exact) mass is 1150 g/mol. The van der Waals surface area contributed by atoms with E-state index in [-0.39, 0.29) is 51.6 Å². The number of Topliss-reactive ketones (excluding diaryl/α,β-unsaturated/α-hetero) is 1. The van der Waals surface area contributed by atoms with Gasteiger partial charge >= 0.3 is 0 Å². The molecular formula is C72H101N3O9. The summed E-state index contributed by atoms with van der Waals surface area (Å²) in [5.74, 6) is -0.960. The number of unbranched alkanes of at least 4 members (excludes halogenated alkanes) is 1. The number of amides is 3. The molecule has 0 bridgehead atoms. The van der Waals surface area contributed by atoms with Crippen LogP contribution in [0.4, 0.5) is 0 Å². The molecule has 0 heterocycles. The summed E-state index contributed by atoms with van der Waals surface area (Å²) in [5.41, 5.74) is 14.3. The van der Waals surface area contributed by atoms with Crippen LogP contribution in [0.1, 0.15) is 212 Å². The highest BCUT2D eigenvalue weighted by Crippen LogP contribution is 2.48. The molecule has 4 aromatic carbocycles.